The molecule has 0 radical (unpaired) electrons. The molecule has 0 saturated heterocycles. The van der Waals surface area contributed by atoms with Crippen LogP contribution in [0.2, 0.25) is 0 Å². The maximum Gasteiger partial charge on any atom is 0.258 e. The average molecular weight is 318 g/mol. The minimum absolute atomic E-state index is 0.0245. The second kappa shape index (κ2) is 5.98. The van der Waals surface area contributed by atoms with Crippen LogP contribution in [0.1, 0.15) is 42.5 Å². The van der Waals surface area contributed by atoms with Gasteiger partial charge in [-0.2, -0.15) is 0 Å². The Morgan fingerprint density at radius 3 is 2.57 bits per heavy atom. The van der Waals surface area contributed by atoms with Crippen molar-refractivity contribution in [3.8, 4) is 0 Å². The van der Waals surface area contributed by atoms with Crippen LogP contribution in [0.4, 0.5) is 0 Å². The fourth-order valence-corrected chi connectivity index (χ4v) is 2.34. The molecule has 0 fully saturated rings. The first-order chi connectivity index (χ1) is 10.6. The fourth-order valence-electron chi connectivity index (χ4n) is 2.34. The lowest BCUT2D eigenvalue weighted by Gasteiger charge is -2.23. The molecule has 1 N–H and O–H groups in total. The Morgan fingerprint density at radius 2 is 1.96 bits per heavy atom. The molecule has 2 aromatic rings. The van der Waals surface area contributed by atoms with E-state index in [0.717, 1.165) is 0 Å². The third kappa shape index (κ3) is 3.85. The summed E-state index contributed by atoms with van der Waals surface area (Å²) in [5.41, 5.74) is 1.69. The molecule has 124 valence electrons. The van der Waals surface area contributed by atoms with Gasteiger partial charge < -0.3 is 14.7 Å². The van der Waals surface area contributed by atoms with Crippen LogP contribution < -0.4 is 5.32 Å². The number of aryl methyl sites for hydroxylation is 2. The Balaban J connectivity index is 2.26. The molecule has 2 aromatic heterocycles. The zero-order chi connectivity index (χ0) is 17.4. The van der Waals surface area contributed by atoms with Gasteiger partial charge in [-0.1, -0.05) is 5.16 Å². The largest absolute Gasteiger partial charge is 0.350 e. The highest BCUT2D eigenvalue weighted by Crippen LogP contribution is 2.22. The number of fused-ring (bicyclic) bond motifs is 1. The van der Waals surface area contributed by atoms with Crippen molar-refractivity contribution in [2.45, 2.75) is 40.2 Å². The highest BCUT2D eigenvalue weighted by atomic mass is 16.5. The number of aromatic nitrogens is 2. The predicted octanol–water partition coefficient (Wildman–Crippen LogP) is 1.83. The number of hydrogen-bond acceptors (Lipinski definition) is 5. The standard InChI is InChI=1S/C16H22N4O3/c1-9-7-11(13-10(2)19-23-14(13)17-9)15(22)20(6)8-12(21)18-16(3,4)5/h7H,8H2,1-6H3,(H,18,21). The van der Waals surface area contributed by atoms with Gasteiger partial charge in [0.1, 0.15) is 0 Å². The first-order valence-electron chi connectivity index (χ1n) is 7.38. The van der Waals surface area contributed by atoms with Crippen LogP contribution in [0.25, 0.3) is 11.1 Å². The first-order valence-corrected chi connectivity index (χ1v) is 7.38. The Morgan fingerprint density at radius 1 is 1.30 bits per heavy atom. The summed E-state index contributed by atoms with van der Waals surface area (Å²) in [6, 6.07) is 1.69. The summed E-state index contributed by atoms with van der Waals surface area (Å²) in [6.45, 7) is 9.19. The van der Waals surface area contributed by atoms with Crippen molar-refractivity contribution < 1.29 is 14.1 Å². The van der Waals surface area contributed by atoms with E-state index in [9.17, 15) is 9.59 Å². The number of amides is 2. The minimum Gasteiger partial charge on any atom is -0.350 e. The molecule has 7 heteroatoms. The van der Waals surface area contributed by atoms with Crippen LogP contribution in [-0.4, -0.2) is 46.0 Å². The van der Waals surface area contributed by atoms with Crippen molar-refractivity contribution in [1.82, 2.24) is 20.4 Å². The van der Waals surface area contributed by atoms with E-state index in [2.05, 4.69) is 15.5 Å². The summed E-state index contributed by atoms with van der Waals surface area (Å²) in [5.74, 6) is -0.478. The Bertz CT molecular complexity index is 759. The van der Waals surface area contributed by atoms with E-state index in [0.29, 0.717) is 28.1 Å². The number of carbonyl (C=O) groups excluding carboxylic acids is 2. The molecular formula is C16H22N4O3. The van der Waals surface area contributed by atoms with Gasteiger partial charge in [0.2, 0.25) is 5.91 Å². The third-order valence-corrected chi connectivity index (χ3v) is 3.22. The molecule has 0 atom stereocenters. The number of hydrogen-bond donors (Lipinski definition) is 1. The van der Waals surface area contributed by atoms with Crippen LogP contribution >= 0.6 is 0 Å². The zero-order valence-corrected chi connectivity index (χ0v) is 14.4. The SMILES string of the molecule is Cc1cc(C(=O)N(C)CC(=O)NC(C)(C)C)c2c(C)noc2n1. The van der Waals surface area contributed by atoms with E-state index in [1.54, 1.807) is 27.0 Å². The molecule has 0 spiro atoms. The van der Waals surface area contributed by atoms with Crippen molar-refractivity contribution in [1.29, 1.82) is 0 Å². The molecule has 2 heterocycles. The summed E-state index contributed by atoms with van der Waals surface area (Å²) >= 11 is 0. The van der Waals surface area contributed by atoms with Gasteiger partial charge >= 0.3 is 0 Å². The number of carbonyl (C=O) groups is 2. The van der Waals surface area contributed by atoms with Crippen molar-refractivity contribution in [3.63, 3.8) is 0 Å². The topological polar surface area (TPSA) is 88.3 Å². The number of rotatable bonds is 3. The normalized spacial score (nSPS) is 11.6. The van der Waals surface area contributed by atoms with Gasteiger partial charge in [0.25, 0.3) is 11.6 Å². The number of nitrogens with one attached hydrogen (secondary N) is 1. The second-order valence-electron chi connectivity index (χ2n) is 6.72. The second-order valence-corrected chi connectivity index (χ2v) is 6.72. The summed E-state index contributed by atoms with van der Waals surface area (Å²) < 4.78 is 5.14. The zero-order valence-electron chi connectivity index (χ0n) is 14.4. The van der Waals surface area contributed by atoms with Gasteiger partial charge in [0.05, 0.1) is 23.2 Å². The monoisotopic (exact) mass is 318 g/mol. The van der Waals surface area contributed by atoms with E-state index in [1.807, 2.05) is 20.8 Å². The summed E-state index contributed by atoms with van der Waals surface area (Å²) in [7, 11) is 1.59. The molecule has 0 bridgehead atoms. The Hall–Kier alpha value is -2.44. The van der Waals surface area contributed by atoms with Crippen LogP contribution in [0.15, 0.2) is 10.6 Å². The predicted molar refractivity (Wildman–Crippen MR) is 86.1 cm³/mol. The van der Waals surface area contributed by atoms with Crippen LogP contribution in [-0.2, 0) is 4.79 Å². The molecule has 0 aliphatic rings. The van der Waals surface area contributed by atoms with Crippen molar-refractivity contribution in [2.75, 3.05) is 13.6 Å². The lowest BCUT2D eigenvalue weighted by Crippen LogP contribution is -2.46. The molecule has 0 unspecified atom stereocenters. The van der Waals surface area contributed by atoms with E-state index in [1.165, 1.54) is 4.90 Å². The Labute approximate surface area is 135 Å². The quantitative estimate of drug-likeness (QED) is 0.932. The maximum atomic E-state index is 12.7. The number of pyridine rings is 1. The molecule has 0 saturated carbocycles. The van der Waals surface area contributed by atoms with Gasteiger partial charge in [-0.15, -0.1) is 0 Å². The smallest absolute Gasteiger partial charge is 0.258 e. The lowest BCUT2D eigenvalue weighted by atomic mass is 10.1. The third-order valence-electron chi connectivity index (χ3n) is 3.22. The highest BCUT2D eigenvalue weighted by Gasteiger charge is 2.23. The van der Waals surface area contributed by atoms with Crippen LogP contribution in [0, 0.1) is 13.8 Å². The molecular weight excluding hydrogens is 296 g/mol. The molecule has 0 aliphatic carbocycles. The van der Waals surface area contributed by atoms with Gasteiger partial charge in [0, 0.05) is 18.3 Å². The molecule has 2 rings (SSSR count). The first kappa shape index (κ1) is 16.9. The maximum absolute atomic E-state index is 12.7. The number of likely N-dealkylation sites (N-methyl/N-ethyl adjacent to an activating group) is 1. The van der Waals surface area contributed by atoms with E-state index >= 15 is 0 Å². The molecule has 23 heavy (non-hydrogen) atoms. The van der Waals surface area contributed by atoms with Crippen molar-refractivity contribution in [3.05, 3.63) is 23.0 Å². The van der Waals surface area contributed by atoms with Gasteiger partial charge in [-0.05, 0) is 40.7 Å². The van der Waals surface area contributed by atoms with E-state index in [4.69, 9.17) is 4.52 Å². The Kier molecular flexibility index (Phi) is 4.40. The summed E-state index contributed by atoms with van der Waals surface area (Å²) in [6.07, 6.45) is 0. The minimum atomic E-state index is -0.341. The molecule has 7 nitrogen and oxygen atoms in total. The summed E-state index contributed by atoms with van der Waals surface area (Å²) in [4.78, 5) is 30.3. The average Bonchev–Trinajstić information content (AvgIpc) is 2.76. The number of nitrogens with zero attached hydrogens (tertiary/aromatic N) is 3. The van der Waals surface area contributed by atoms with Crippen molar-refractivity contribution >= 4 is 22.9 Å². The molecule has 0 aliphatic heterocycles. The van der Waals surface area contributed by atoms with Crippen LogP contribution in [0.3, 0.4) is 0 Å². The summed E-state index contributed by atoms with van der Waals surface area (Å²) in [5, 5.41) is 7.28. The van der Waals surface area contributed by atoms with Gasteiger partial charge in [-0.25, -0.2) is 4.98 Å². The molecule has 0 aromatic carbocycles. The van der Waals surface area contributed by atoms with Crippen LogP contribution in [0.5, 0.6) is 0 Å². The van der Waals surface area contributed by atoms with E-state index in [-0.39, 0.29) is 23.9 Å². The fraction of sp³-hybridized carbons (Fsp3) is 0.500. The van der Waals surface area contributed by atoms with E-state index < -0.39 is 0 Å². The van der Waals surface area contributed by atoms with Crippen molar-refractivity contribution in [2.24, 2.45) is 0 Å². The highest BCUT2D eigenvalue weighted by molar-refractivity contribution is 6.06. The lowest BCUT2D eigenvalue weighted by molar-refractivity contribution is -0.122. The molecule has 2 amide bonds. The van der Waals surface area contributed by atoms with Gasteiger partial charge in [-0.3, -0.25) is 9.59 Å². The van der Waals surface area contributed by atoms with Gasteiger partial charge in [0.15, 0.2) is 0 Å².